The first-order valence-corrected chi connectivity index (χ1v) is 18.9. The molecule has 262 valence electrons. The molecular weight excluding hydrogens is 683 g/mol. The van der Waals surface area contributed by atoms with Crippen molar-refractivity contribution >= 4 is 43.6 Å². The van der Waals surface area contributed by atoms with Crippen LogP contribution in [-0.2, 0) is 0 Å². The van der Waals surface area contributed by atoms with Gasteiger partial charge in [-0.15, -0.1) is 0 Å². The third-order valence-corrected chi connectivity index (χ3v) is 10.8. The first-order valence-electron chi connectivity index (χ1n) is 18.9. The van der Waals surface area contributed by atoms with E-state index in [-0.39, 0.29) is 0 Å². The van der Waals surface area contributed by atoms with Gasteiger partial charge in [0, 0.05) is 43.9 Å². The molecule has 11 aromatic rings. The van der Waals surface area contributed by atoms with Crippen LogP contribution in [0.1, 0.15) is 0 Å². The molecule has 5 heteroatoms. The first kappa shape index (κ1) is 31.9. The maximum absolute atomic E-state index is 5.25. The summed E-state index contributed by atoms with van der Waals surface area (Å²) in [7, 11) is 0. The highest BCUT2D eigenvalue weighted by Crippen LogP contribution is 2.39. The normalized spacial score (nSPS) is 11.6. The molecule has 0 aliphatic rings. The second-order valence-electron chi connectivity index (χ2n) is 14.1. The fourth-order valence-corrected chi connectivity index (χ4v) is 8.23. The summed E-state index contributed by atoms with van der Waals surface area (Å²) in [5, 5.41) is 4.84. The summed E-state index contributed by atoms with van der Waals surface area (Å²) in [6.45, 7) is 0. The molecule has 56 heavy (non-hydrogen) atoms. The van der Waals surface area contributed by atoms with Gasteiger partial charge in [0.05, 0.1) is 27.8 Å². The van der Waals surface area contributed by atoms with Gasteiger partial charge in [0.25, 0.3) is 0 Å². The van der Waals surface area contributed by atoms with E-state index in [2.05, 4.69) is 185 Å². The summed E-state index contributed by atoms with van der Waals surface area (Å²) in [4.78, 5) is 15.5. The maximum Gasteiger partial charge on any atom is 0.166 e. The van der Waals surface area contributed by atoms with Gasteiger partial charge in [-0.25, -0.2) is 15.0 Å². The fraction of sp³-hybridized carbons (Fsp3) is 0. The lowest BCUT2D eigenvalue weighted by Gasteiger charge is -2.15. The minimum absolute atomic E-state index is 0.610. The number of hydrogen-bond acceptors (Lipinski definition) is 3. The average Bonchev–Trinajstić information content (AvgIpc) is 3.79. The van der Waals surface area contributed by atoms with Crippen LogP contribution in [0.4, 0.5) is 0 Å². The van der Waals surface area contributed by atoms with Gasteiger partial charge in [-0.2, -0.15) is 0 Å². The molecular formula is C51H33N5. The number of fused-ring (bicyclic) bond motifs is 6. The number of benzene rings is 8. The highest BCUT2D eigenvalue weighted by molar-refractivity contribution is 6.12. The quantitative estimate of drug-likeness (QED) is 0.172. The Morgan fingerprint density at radius 1 is 0.286 bits per heavy atom. The van der Waals surface area contributed by atoms with Crippen molar-refractivity contribution in [3.63, 3.8) is 0 Å². The molecule has 0 N–H and O–H groups in total. The summed E-state index contributed by atoms with van der Waals surface area (Å²) >= 11 is 0. The van der Waals surface area contributed by atoms with Gasteiger partial charge in [0.2, 0.25) is 0 Å². The SMILES string of the molecule is c1ccc(-c2cccc(-c3nc(-c4ccccc4)nc(-c4ccccc4-n4c5ccccc5c5ccc(-n6c7ccccc7c7ccccc76)cc54)n3)c2)cc1. The largest absolute Gasteiger partial charge is 0.309 e. The molecule has 0 saturated heterocycles. The zero-order valence-corrected chi connectivity index (χ0v) is 30.3. The van der Waals surface area contributed by atoms with E-state index in [4.69, 9.17) is 15.0 Å². The van der Waals surface area contributed by atoms with Crippen LogP contribution in [0, 0.1) is 0 Å². The van der Waals surface area contributed by atoms with Crippen molar-refractivity contribution in [3.8, 4) is 56.7 Å². The van der Waals surface area contributed by atoms with Crippen LogP contribution in [0.25, 0.3) is 100 Å². The summed E-state index contributed by atoms with van der Waals surface area (Å²) in [5.74, 6) is 1.86. The molecule has 0 unspecified atom stereocenters. The monoisotopic (exact) mass is 715 g/mol. The number of rotatable bonds is 6. The first-order chi connectivity index (χ1) is 27.8. The zero-order chi connectivity index (χ0) is 37.0. The molecule has 0 amide bonds. The Morgan fingerprint density at radius 2 is 0.768 bits per heavy atom. The lowest BCUT2D eigenvalue weighted by molar-refractivity contribution is 1.06. The third-order valence-electron chi connectivity index (χ3n) is 10.8. The standard InChI is InChI=1S/C51H33N5/c1-3-16-34(17-4-1)36-20-15-21-37(32-36)50-52-49(35-18-5-2-6-19-35)53-51(54-50)43-25-10-14-29-47(43)56-46-28-13-9-24-41(46)42-31-30-38(33-48(42)56)55-44-26-11-7-22-39(44)40-23-8-12-27-45(40)55/h1-33H. The van der Waals surface area contributed by atoms with Crippen molar-refractivity contribution in [2.75, 3.05) is 0 Å². The Balaban J connectivity index is 1.15. The number of hydrogen-bond donors (Lipinski definition) is 0. The van der Waals surface area contributed by atoms with Crippen LogP contribution in [0.5, 0.6) is 0 Å². The molecule has 0 aliphatic carbocycles. The van der Waals surface area contributed by atoms with E-state index >= 15 is 0 Å². The Kier molecular flexibility index (Phi) is 7.42. The van der Waals surface area contributed by atoms with Gasteiger partial charge < -0.3 is 9.13 Å². The van der Waals surface area contributed by atoms with Gasteiger partial charge in [0.15, 0.2) is 17.5 Å². The van der Waals surface area contributed by atoms with Crippen LogP contribution >= 0.6 is 0 Å². The summed E-state index contributed by atoms with van der Waals surface area (Å²) in [6.07, 6.45) is 0. The van der Waals surface area contributed by atoms with E-state index < -0.39 is 0 Å². The molecule has 11 rings (SSSR count). The third kappa shape index (κ3) is 5.21. The smallest absolute Gasteiger partial charge is 0.166 e. The highest BCUT2D eigenvalue weighted by Gasteiger charge is 2.20. The topological polar surface area (TPSA) is 48.5 Å². The van der Waals surface area contributed by atoms with Crippen LogP contribution < -0.4 is 0 Å². The van der Waals surface area contributed by atoms with Crippen molar-refractivity contribution in [2.45, 2.75) is 0 Å². The summed E-state index contributed by atoms with van der Waals surface area (Å²) < 4.78 is 4.75. The lowest BCUT2D eigenvalue weighted by Crippen LogP contribution is -2.04. The molecule has 0 bridgehead atoms. The van der Waals surface area contributed by atoms with E-state index in [1.807, 2.05) is 24.3 Å². The van der Waals surface area contributed by atoms with E-state index in [1.54, 1.807) is 0 Å². The summed E-state index contributed by atoms with van der Waals surface area (Å²) in [5.41, 5.74) is 11.7. The summed E-state index contributed by atoms with van der Waals surface area (Å²) in [6, 6.07) is 70.3. The molecule has 5 nitrogen and oxygen atoms in total. The molecule has 8 aromatic carbocycles. The van der Waals surface area contributed by atoms with Crippen LogP contribution in [0.15, 0.2) is 200 Å². The van der Waals surface area contributed by atoms with Gasteiger partial charge >= 0.3 is 0 Å². The number of para-hydroxylation sites is 4. The Hall–Kier alpha value is -7.63. The Labute approximate surface area is 323 Å². The van der Waals surface area contributed by atoms with Gasteiger partial charge in [-0.3, -0.25) is 0 Å². The number of nitrogens with zero attached hydrogens (tertiary/aromatic N) is 5. The van der Waals surface area contributed by atoms with E-state index in [0.717, 1.165) is 50.2 Å². The average molecular weight is 716 g/mol. The predicted molar refractivity (Wildman–Crippen MR) is 230 cm³/mol. The van der Waals surface area contributed by atoms with E-state index in [0.29, 0.717) is 17.5 Å². The van der Waals surface area contributed by atoms with Gasteiger partial charge in [0.1, 0.15) is 0 Å². The van der Waals surface area contributed by atoms with Crippen molar-refractivity contribution in [1.82, 2.24) is 24.1 Å². The Morgan fingerprint density at radius 3 is 1.45 bits per heavy atom. The van der Waals surface area contributed by atoms with Crippen molar-refractivity contribution < 1.29 is 0 Å². The van der Waals surface area contributed by atoms with Crippen molar-refractivity contribution in [3.05, 3.63) is 200 Å². The van der Waals surface area contributed by atoms with Crippen molar-refractivity contribution in [2.24, 2.45) is 0 Å². The second-order valence-corrected chi connectivity index (χ2v) is 14.1. The van der Waals surface area contributed by atoms with Crippen molar-refractivity contribution in [1.29, 1.82) is 0 Å². The molecule has 0 atom stereocenters. The predicted octanol–water partition coefficient (Wildman–Crippen LogP) is 12.7. The van der Waals surface area contributed by atoms with E-state index in [1.165, 1.54) is 32.6 Å². The second kappa shape index (κ2) is 13.0. The molecule has 0 spiro atoms. The van der Waals surface area contributed by atoms with Crippen LogP contribution in [0.2, 0.25) is 0 Å². The molecule has 0 aliphatic heterocycles. The number of aromatic nitrogens is 5. The van der Waals surface area contributed by atoms with Gasteiger partial charge in [-0.05, 0) is 59.7 Å². The minimum atomic E-state index is 0.610. The molecule has 0 fully saturated rings. The molecule has 3 aromatic heterocycles. The molecule has 0 radical (unpaired) electrons. The van der Waals surface area contributed by atoms with E-state index in [9.17, 15) is 0 Å². The minimum Gasteiger partial charge on any atom is -0.309 e. The Bertz CT molecular complexity index is 3200. The molecule has 3 heterocycles. The molecule has 0 saturated carbocycles. The van der Waals surface area contributed by atoms with Gasteiger partial charge in [-0.1, -0.05) is 152 Å². The lowest BCUT2D eigenvalue weighted by atomic mass is 10.0. The van der Waals surface area contributed by atoms with Crippen LogP contribution in [0.3, 0.4) is 0 Å². The van der Waals surface area contributed by atoms with Crippen LogP contribution in [-0.4, -0.2) is 24.1 Å². The fourth-order valence-electron chi connectivity index (χ4n) is 8.23. The highest BCUT2D eigenvalue weighted by atomic mass is 15.1. The zero-order valence-electron chi connectivity index (χ0n) is 30.3. The maximum atomic E-state index is 5.25.